The van der Waals surface area contributed by atoms with Crippen molar-refractivity contribution in [2.45, 2.75) is 44.7 Å². The third-order valence-corrected chi connectivity index (χ3v) is 5.03. The number of halogens is 1. The molecule has 8 heteroatoms. The number of benzene rings is 1. The Morgan fingerprint density at radius 1 is 1.33 bits per heavy atom. The molecule has 0 saturated carbocycles. The summed E-state index contributed by atoms with van der Waals surface area (Å²) in [4.78, 5) is 12.3. The van der Waals surface area contributed by atoms with E-state index in [1.807, 2.05) is 4.57 Å². The lowest BCUT2D eigenvalue weighted by Gasteiger charge is -2.23. The molecule has 1 unspecified atom stereocenters. The van der Waals surface area contributed by atoms with E-state index in [1.54, 1.807) is 12.1 Å². The summed E-state index contributed by atoms with van der Waals surface area (Å²) in [6, 6.07) is 4.58. The topological polar surface area (TPSA) is 81.1 Å². The molecule has 1 aromatic carbocycles. The molecule has 7 nitrogen and oxygen atoms in total. The number of morpholine rings is 1. The van der Waals surface area contributed by atoms with Crippen LogP contribution in [0.25, 0.3) is 11.4 Å². The Morgan fingerprint density at radius 3 is 3.11 bits per heavy atom. The predicted octanol–water partition coefficient (Wildman–Crippen LogP) is 2.13. The van der Waals surface area contributed by atoms with Gasteiger partial charge in [-0.25, -0.2) is 4.39 Å². The van der Waals surface area contributed by atoms with E-state index < -0.39 is 0 Å². The Balaban J connectivity index is 1.52. The number of aryl methyl sites for hydroxylation is 1. The zero-order valence-corrected chi connectivity index (χ0v) is 15.2. The monoisotopic (exact) mass is 373 g/mol. The van der Waals surface area contributed by atoms with Crippen molar-refractivity contribution in [3.05, 3.63) is 29.8 Å². The van der Waals surface area contributed by atoms with Gasteiger partial charge in [0.05, 0.1) is 18.8 Å². The summed E-state index contributed by atoms with van der Waals surface area (Å²) in [6.45, 7) is 2.73. The average Bonchev–Trinajstić information content (AvgIpc) is 2.92. The molecule has 0 bridgehead atoms. The van der Waals surface area contributed by atoms with Crippen molar-refractivity contribution in [2.24, 2.45) is 0 Å². The fourth-order valence-corrected chi connectivity index (χ4v) is 3.65. The Hall–Kier alpha value is -2.32. The molecule has 1 aromatic heterocycles. The molecule has 4 rings (SSSR count). The first-order chi connectivity index (χ1) is 13.2. The number of hydrogen-bond donors (Lipinski definition) is 2. The normalized spacial score (nSPS) is 20.0. The maximum absolute atomic E-state index is 14.5. The fraction of sp³-hybridized carbons (Fsp3) is 0.526. The van der Waals surface area contributed by atoms with Crippen molar-refractivity contribution >= 4 is 11.6 Å². The molecule has 3 heterocycles. The maximum atomic E-state index is 14.5. The van der Waals surface area contributed by atoms with Crippen LogP contribution in [-0.2, 0) is 22.5 Å². The van der Waals surface area contributed by atoms with Gasteiger partial charge in [-0.15, -0.1) is 10.2 Å². The molecule has 0 spiro atoms. The first-order valence-corrected chi connectivity index (χ1v) is 9.53. The summed E-state index contributed by atoms with van der Waals surface area (Å²) in [5.74, 6) is 0.938. The highest BCUT2D eigenvalue weighted by molar-refractivity contribution is 5.91. The van der Waals surface area contributed by atoms with Crippen molar-refractivity contribution < 1.29 is 13.9 Å². The number of nitrogens with zero attached hydrogens (tertiary/aromatic N) is 3. The SMILES string of the molecule is O=C(CC1COCCN1)Nc1ccc(F)c(-c2nnc3n2CCCCC3)c1. The van der Waals surface area contributed by atoms with Crippen molar-refractivity contribution in [1.29, 1.82) is 0 Å². The number of amides is 1. The highest BCUT2D eigenvalue weighted by atomic mass is 19.1. The Morgan fingerprint density at radius 2 is 2.26 bits per heavy atom. The van der Waals surface area contributed by atoms with Gasteiger partial charge in [-0.2, -0.15) is 0 Å². The van der Waals surface area contributed by atoms with Gasteiger partial charge in [0.15, 0.2) is 5.82 Å². The molecule has 1 fully saturated rings. The lowest BCUT2D eigenvalue weighted by molar-refractivity contribution is -0.117. The van der Waals surface area contributed by atoms with E-state index in [4.69, 9.17) is 4.74 Å². The van der Waals surface area contributed by atoms with Crippen molar-refractivity contribution in [2.75, 3.05) is 25.1 Å². The summed E-state index contributed by atoms with van der Waals surface area (Å²) in [6.07, 6.45) is 4.43. The summed E-state index contributed by atoms with van der Waals surface area (Å²) >= 11 is 0. The van der Waals surface area contributed by atoms with Crippen LogP contribution in [0.4, 0.5) is 10.1 Å². The van der Waals surface area contributed by atoms with E-state index >= 15 is 0 Å². The van der Waals surface area contributed by atoms with Crippen LogP contribution in [0.15, 0.2) is 18.2 Å². The second-order valence-electron chi connectivity index (χ2n) is 7.08. The molecule has 0 radical (unpaired) electrons. The quantitative estimate of drug-likeness (QED) is 0.858. The maximum Gasteiger partial charge on any atom is 0.226 e. The molecule has 1 saturated heterocycles. The number of rotatable bonds is 4. The number of carbonyl (C=O) groups excluding carboxylic acids is 1. The molecule has 144 valence electrons. The van der Waals surface area contributed by atoms with E-state index in [0.717, 1.165) is 44.6 Å². The number of ether oxygens (including phenoxy) is 1. The zero-order chi connectivity index (χ0) is 18.6. The standard InChI is InChI=1S/C19H24FN5O2/c20-16-6-5-13(22-18(26)11-14-12-27-9-7-21-14)10-15(16)19-24-23-17-4-2-1-3-8-25(17)19/h5-6,10,14,21H,1-4,7-9,11-12H2,(H,22,26). The lowest BCUT2D eigenvalue weighted by Crippen LogP contribution is -2.43. The summed E-state index contributed by atoms with van der Waals surface area (Å²) in [5, 5.41) is 14.6. The van der Waals surface area contributed by atoms with Crippen LogP contribution in [0.5, 0.6) is 0 Å². The predicted molar refractivity (Wildman–Crippen MR) is 98.8 cm³/mol. The average molecular weight is 373 g/mol. The van der Waals surface area contributed by atoms with Gasteiger partial charge in [-0.1, -0.05) is 6.42 Å². The van der Waals surface area contributed by atoms with Crippen LogP contribution in [0.1, 0.15) is 31.5 Å². The second-order valence-corrected chi connectivity index (χ2v) is 7.08. The lowest BCUT2D eigenvalue weighted by atomic mass is 10.1. The van der Waals surface area contributed by atoms with Crippen LogP contribution in [0.2, 0.25) is 0 Å². The van der Waals surface area contributed by atoms with Crippen molar-refractivity contribution in [3.63, 3.8) is 0 Å². The highest BCUT2D eigenvalue weighted by Crippen LogP contribution is 2.27. The minimum atomic E-state index is -0.366. The van der Waals surface area contributed by atoms with Gasteiger partial charge < -0.3 is 19.9 Å². The fourth-order valence-electron chi connectivity index (χ4n) is 3.65. The second kappa shape index (κ2) is 8.14. The largest absolute Gasteiger partial charge is 0.378 e. The van der Waals surface area contributed by atoms with Gasteiger partial charge in [0.1, 0.15) is 11.6 Å². The number of fused-ring (bicyclic) bond motifs is 1. The number of nitrogens with one attached hydrogen (secondary N) is 2. The van der Waals surface area contributed by atoms with E-state index in [-0.39, 0.29) is 17.8 Å². The third kappa shape index (κ3) is 4.17. The minimum absolute atomic E-state index is 0.00549. The van der Waals surface area contributed by atoms with E-state index in [1.165, 1.54) is 6.07 Å². The van der Waals surface area contributed by atoms with E-state index in [2.05, 4.69) is 20.8 Å². The number of hydrogen-bond acceptors (Lipinski definition) is 5. The number of anilines is 1. The van der Waals surface area contributed by atoms with E-state index in [0.29, 0.717) is 36.7 Å². The van der Waals surface area contributed by atoms with Gasteiger partial charge in [-0.3, -0.25) is 4.79 Å². The molecular formula is C19H24FN5O2. The van der Waals surface area contributed by atoms with Gasteiger partial charge in [0.2, 0.25) is 5.91 Å². The Kier molecular flexibility index (Phi) is 5.45. The van der Waals surface area contributed by atoms with Crippen LogP contribution in [0.3, 0.4) is 0 Å². The summed E-state index contributed by atoms with van der Waals surface area (Å²) in [7, 11) is 0. The van der Waals surface area contributed by atoms with Gasteiger partial charge in [0, 0.05) is 37.7 Å². The Bertz CT molecular complexity index is 816. The minimum Gasteiger partial charge on any atom is -0.378 e. The highest BCUT2D eigenvalue weighted by Gasteiger charge is 2.20. The number of aromatic nitrogens is 3. The number of carbonyl (C=O) groups is 1. The smallest absolute Gasteiger partial charge is 0.226 e. The van der Waals surface area contributed by atoms with Crippen molar-refractivity contribution in [1.82, 2.24) is 20.1 Å². The molecule has 2 aromatic rings. The Labute approximate surface area is 157 Å². The van der Waals surface area contributed by atoms with Crippen LogP contribution >= 0.6 is 0 Å². The van der Waals surface area contributed by atoms with Crippen LogP contribution < -0.4 is 10.6 Å². The molecule has 2 N–H and O–H groups in total. The van der Waals surface area contributed by atoms with Crippen LogP contribution in [0, 0.1) is 5.82 Å². The van der Waals surface area contributed by atoms with Gasteiger partial charge in [-0.05, 0) is 31.0 Å². The molecule has 2 aliphatic heterocycles. The van der Waals surface area contributed by atoms with Gasteiger partial charge in [0.25, 0.3) is 0 Å². The third-order valence-electron chi connectivity index (χ3n) is 5.03. The summed E-state index contributed by atoms with van der Waals surface area (Å²) in [5.41, 5.74) is 0.923. The zero-order valence-electron chi connectivity index (χ0n) is 15.2. The molecular weight excluding hydrogens is 349 g/mol. The molecule has 1 atom stereocenters. The molecule has 1 amide bonds. The summed E-state index contributed by atoms with van der Waals surface area (Å²) < 4.78 is 21.9. The first kappa shape index (κ1) is 18.1. The van der Waals surface area contributed by atoms with E-state index in [9.17, 15) is 9.18 Å². The molecule has 27 heavy (non-hydrogen) atoms. The molecule has 0 aliphatic carbocycles. The first-order valence-electron chi connectivity index (χ1n) is 9.53. The molecule has 2 aliphatic rings. The van der Waals surface area contributed by atoms with Crippen LogP contribution in [-0.4, -0.2) is 46.5 Å². The van der Waals surface area contributed by atoms with Crippen molar-refractivity contribution in [3.8, 4) is 11.4 Å². The van der Waals surface area contributed by atoms with Gasteiger partial charge >= 0.3 is 0 Å².